The van der Waals surface area contributed by atoms with Crippen molar-refractivity contribution < 1.29 is 4.79 Å². The van der Waals surface area contributed by atoms with E-state index < -0.39 is 0 Å². The summed E-state index contributed by atoms with van der Waals surface area (Å²) in [6.07, 6.45) is 0. The van der Waals surface area contributed by atoms with Crippen LogP contribution in [0.1, 0.15) is 15.2 Å². The molecule has 1 aliphatic heterocycles. The standard InChI is InChI=1S/C21H22N4OS2/c22-19-18(28-21(27)25(19)17-9-5-2-6-10-17)20(26)24-13-11-23(12-14-24)15-16-7-3-1-4-8-16/h1-10H,11-15,22H2. The summed E-state index contributed by atoms with van der Waals surface area (Å²) in [4.78, 5) is 17.9. The van der Waals surface area contributed by atoms with E-state index in [0.717, 1.165) is 25.3 Å². The van der Waals surface area contributed by atoms with E-state index in [0.29, 0.717) is 27.7 Å². The van der Waals surface area contributed by atoms with E-state index >= 15 is 0 Å². The number of benzene rings is 2. The normalized spacial score (nSPS) is 14.9. The number of carbonyl (C=O) groups excluding carboxylic acids is 1. The van der Waals surface area contributed by atoms with Gasteiger partial charge in [0.15, 0.2) is 3.95 Å². The number of hydrogen-bond donors (Lipinski definition) is 1. The average Bonchev–Trinajstić information content (AvgIpc) is 3.03. The maximum absolute atomic E-state index is 13.1. The summed E-state index contributed by atoms with van der Waals surface area (Å²) in [5.74, 6) is 0.403. The van der Waals surface area contributed by atoms with Crippen LogP contribution in [0.3, 0.4) is 0 Å². The largest absolute Gasteiger partial charge is 0.383 e. The van der Waals surface area contributed by atoms with Crippen LogP contribution >= 0.6 is 23.6 Å². The smallest absolute Gasteiger partial charge is 0.267 e. The van der Waals surface area contributed by atoms with E-state index in [1.54, 1.807) is 4.57 Å². The topological polar surface area (TPSA) is 54.5 Å². The lowest BCUT2D eigenvalue weighted by atomic mass is 10.2. The Morgan fingerprint density at radius 1 is 0.964 bits per heavy atom. The molecule has 1 amide bonds. The predicted octanol–water partition coefficient (Wildman–Crippen LogP) is 3.81. The molecule has 4 rings (SSSR count). The van der Waals surface area contributed by atoms with Crippen LogP contribution in [0.15, 0.2) is 60.7 Å². The maximum Gasteiger partial charge on any atom is 0.267 e. The second kappa shape index (κ2) is 8.26. The molecule has 0 radical (unpaired) electrons. The fraction of sp³-hybridized carbons (Fsp3) is 0.238. The number of hydrogen-bond acceptors (Lipinski definition) is 5. The Hall–Kier alpha value is -2.48. The Kier molecular flexibility index (Phi) is 5.57. The van der Waals surface area contributed by atoms with Crippen LogP contribution in [0, 0.1) is 3.95 Å². The van der Waals surface area contributed by atoms with Crippen LogP contribution in [-0.4, -0.2) is 46.5 Å². The van der Waals surface area contributed by atoms with Gasteiger partial charge < -0.3 is 10.6 Å². The number of amides is 1. The van der Waals surface area contributed by atoms with E-state index in [9.17, 15) is 4.79 Å². The molecular formula is C21H22N4OS2. The van der Waals surface area contributed by atoms with Crippen LogP contribution in [0.2, 0.25) is 0 Å². The molecule has 1 aliphatic rings. The summed E-state index contributed by atoms with van der Waals surface area (Å²) in [7, 11) is 0. The molecule has 1 aromatic heterocycles. The molecule has 1 fully saturated rings. The number of carbonyl (C=O) groups is 1. The number of nitrogen functional groups attached to an aromatic ring is 1. The summed E-state index contributed by atoms with van der Waals surface area (Å²) >= 11 is 6.77. The molecule has 0 spiro atoms. The summed E-state index contributed by atoms with van der Waals surface area (Å²) in [5, 5.41) is 0. The van der Waals surface area contributed by atoms with E-state index in [1.807, 2.05) is 41.3 Å². The van der Waals surface area contributed by atoms with Crippen LogP contribution in [-0.2, 0) is 6.54 Å². The van der Waals surface area contributed by atoms with Crippen molar-refractivity contribution in [2.75, 3.05) is 31.9 Å². The number of rotatable bonds is 4. The summed E-state index contributed by atoms with van der Waals surface area (Å²) < 4.78 is 2.37. The Bertz CT molecular complexity index is 1010. The number of para-hydroxylation sites is 1. The molecule has 2 N–H and O–H groups in total. The average molecular weight is 411 g/mol. The van der Waals surface area contributed by atoms with Crippen molar-refractivity contribution in [1.82, 2.24) is 14.4 Å². The molecule has 7 heteroatoms. The monoisotopic (exact) mass is 410 g/mol. The minimum atomic E-state index is -0.0253. The molecule has 3 aromatic rings. The predicted molar refractivity (Wildman–Crippen MR) is 117 cm³/mol. The van der Waals surface area contributed by atoms with Gasteiger partial charge in [-0.2, -0.15) is 0 Å². The Balaban J connectivity index is 1.45. The van der Waals surface area contributed by atoms with E-state index in [-0.39, 0.29) is 5.91 Å². The van der Waals surface area contributed by atoms with E-state index in [4.69, 9.17) is 18.0 Å². The lowest BCUT2D eigenvalue weighted by molar-refractivity contribution is 0.0634. The van der Waals surface area contributed by atoms with Gasteiger partial charge in [0.2, 0.25) is 0 Å². The van der Waals surface area contributed by atoms with Gasteiger partial charge in [-0.05, 0) is 29.9 Å². The number of aromatic nitrogens is 1. The maximum atomic E-state index is 13.1. The highest BCUT2D eigenvalue weighted by Crippen LogP contribution is 2.27. The van der Waals surface area contributed by atoms with Gasteiger partial charge in [-0.15, -0.1) is 0 Å². The van der Waals surface area contributed by atoms with Gasteiger partial charge in [0, 0.05) is 38.4 Å². The summed E-state index contributed by atoms with van der Waals surface area (Å²) in [5.41, 5.74) is 8.50. The van der Waals surface area contributed by atoms with Gasteiger partial charge in [-0.25, -0.2) is 0 Å². The van der Waals surface area contributed by atoms with Crippen molar-refractivity contribution in [1.29, 1.82) is 0 Å². The van der Waals surface area contributed by atoms with Gasteiger partial charge in [0.1, 0.15) is 10.7 Å². The molecule has 2 aromatic carbocycles. The molecule has 0 atom stereocenters. The van der Waals surface area contributed by atoms with E-state index in [1.165, 1.54) is 16.9 Å². The van der Waals surface area contributed by atoms with Crippen LogP contribution in [0.25, 0.3) is 5.69 Å². The molecule has 0 saturated carbocycles. The molecule has 144 valence electrons. The fourth-order valence-electron chi connectivity index (χ4n) is 3.45. The van der Waals surface area contributed by atoms with Gasteiger partial charge in [-0.1, -0.05) is 59.9 Å². The third-order valence-corrected chi connectivity index (χ3v) is 6.34. The highest BCUT2D eigenvalue weighted by Gasteiger charge is 2.26. The zero-order valence-corrected chi connectivity index (χ0v) is 17.1. The SMILES string of the molecule is Nc1c(C(=O)N2CCN(Cc3ccccc3)CC2)sc(=S)n1-c1ccccc1. The highest BCUT2D eigenvalue weighted by molar-refractivity contribution is 7.73. The lowest BCUT2D eigenvalue weighted by Crippen LogP contribution is -2.48. The number of thiazole rings is 1. The second-order valence-electron chi connectivity index (χ2n) is 6.81. The van der Waals surface area contributed by atoms with Gasteiger partial charge in [0.05, 0.1) is 0 Å². The number of anilines is 1. The highest BCUT2D eigenvalue weighted by atomic mass is 32.1. The molecule has 0 bridgehead atoms. The van der Waals surface area contributed by atoms with Gasteiger partial charge in [-0.3, -0.25) is 14.3 Å². The molecule has 1 saturated heterocycles. The van der Waals surface area contributed by atoms with Crippen molar-refractivity contribution in [3.05, 3.63) is 75.1 Å². The van der Waals surface area contributed by atoms with Crippen molar-refractivity contribution in [3.63, 3.8) is 0 Å². The Morgan fingerprint density at radius 3 is 2.21 bits per heavy atom. The van der Waals surface area contributed by atoms with Crippen molar-refractivity contribution in [2.24, 2.45) is 0 Å². The zero-order valence-electron chi connectivity index (χ0n) is 15.5. The first-order valence-electron chi connectivity index (χ1n) is 9.26. The minimum Gasteiger partial charge on any atom is -0.383 e. The fourth-order valence-corrected chi connectivity index (χ4v) is 4.79. The van der Waals surface area contributed by atoms with Crippen molar-refractivity contribution >= 4 is 35.3 Å². The number of nitrogens with zero attached hydrogens (tertiary/aromatic N) is 3. The quantitative estimate of drug-likeness (QED) is 0.665. The van der Waals surface area contributed by atoms with Gasteiger partial charge in [0.25, 0.3) is 5.91 Å². The van der Waals surface area contributed by atoms with Crippen molar-refractivity contribution in [3.8, 4) is 5.69 Å². The summed E-state index contributed by atoms with van der Waals surface area (Å²) in [6.45, 7) is 4.01. The molecule has 5 nitrogen and oxygen atoms in total. The Labute approximate surface area is 173 Å². The zero-order chi connectivity index (χ0) is 19.5. The van der Waals surface area contributed by atoms with E-state index in [2.05, 4.69) is 29.2 Å². The lowest BCUT2D eigenvalue weighted by Gasteiger charge is -2.34. The third-order valence-electron chi connectivity index (χ3n) is 4.96. The molecule has 0 unspecified atom stereocenters. The number of piperazine rings is 1. The molecule has 2 heterocycles. The molecule has 28 heavy (non-hydrogen) atoms. The van der Waals surface area contributed by atoms with Crippen LogP contribution in [0.4, 0.5) is 5.82 Å². The summed E-state index contributed by atoms with van der Waals surface area (Å²) in [6, 6.07) is 20.1. The first-order valence-corrected chi connectivity index (χ1v) is 10.5. The minimum absolute atomic E-state index is 0.0253. The molecular weight excluding hydrogens is 388 g/mol. The first kappa shape index (κ1) is 18.9. The number of nitrogens with two attached hydrogens (primary N) is 1. The Morgan fingerprint density at radius 2 is 1.57 bits per heavy atom. The van der Waals surface area contributed by atoms with Crippen molar-refractivity contribution in [2.45, 2.75) is 6.54 Å². The second-order valence-corrected chi connectivity index (χ2v) is 8.45. The van der Waals surface area contributed by atoms with Gasteiger partial charge >= 0.3 is 0 Å². The van der Waals surface area contributed by atoms with Crippen LogP contribution in [0.5, 0.6) is 0 Å². The molecule has 0 aliphatic carbocycles. The third kappa shape index (κ3) is 3.87. The van der Waals surface area contributed by atoms with Crippen LogP contribution < -0.4 is 5.73 Å². The first-order chi connectivity index (χ1) is 13.6.